The SMILES string of the molecule is OCc1ccc(Sc2ccccc2C(O)(c2ccccc2)c2ccccc2)cc1. The number of hydrogen-bond donors (Lipinski definition) is 2. The van der Waals surface area contributed by atoms with Gasteiger partial charge < -0.3 is 10.2 Å². The van der Waals surface area contributed by atoms with Crippen LogP contribution in [0.5, 0.6) is 0 Å². The van der Waals surface area contributed by atoms with E-state index in [1.807, 2.05) is 109 Å². The zero-order chi connectivity index (χ0) is 20.1. The van der Waals surface area contributed by atoms with Crippen LogP contribution in [0.4, 0.5) is 0 Å². The molecule has 29 heavy (non-hydrogen) atoms. The molecule has 0 aliphatic rings. The fourth-order valence-corrected chi connectivity index (χ4v) is 4.48. The van der Waals surface area contributed by atoms with Crippen molar-refractivity contribution in [3.63, 3.8) is 0 Å². The van der Waals surface area contributed by atoms with Gasteiger partial charge in [0.1, 0.15) is 5.60 Å². The molecule has 4 aromatic carbocycles. The van der Waals surface area contributed by atoms with Crippen molar-refractivity contribution in [2.24, 2.45) is 0 Å². The normalized spacial score (nSPS) is 11.4. The Morgan fingerprint density at radius 1 is 0.621 bits per heavy atom. The highest BCUT2D eigenvalue weighted by molar-refractivity contribution is 7.99. The lowest BCUT2D eigenvalue weighted by Crippen LogP contribution is -2.29. The van der Waals surface area contributed by atoms with Gasteiger partial charge in [0.25, 0.3) is 0 Å². The van der Waals surface area contributed by atoms with Crippen molar-refractivity contribution >= 4 is 11.8 Å². The number of aliphatic hydroxyl groups excluding tert-OH is 1. The number of rotatable bonds is 6. The lowest BCUT2D eigenvalue weighted by Gasteiger charge is -2.31. The summed E-state index contributed by atoms with van der Waals surface area (Å²) in [6, 6.07) is 35.4. The molecule has 0 heterocycles. The van der Waals surface area contributed by atoms with Gasteiger partial charge >= 0.3 is 0 Å². The Morgan fingerprint density at radius 2 is 1.14 bits per heavy atom. The van der Waals surface area contributed by atoms with E-state index < -0.39 is 5.60 Å². The van der Waals surface area contributed by atoms with Gasteiger partial charge in [-0.05, 0) is 34.9 Å². The van der Waals surface area contributed by atoms with E-state index in [0.29, 0.717) is 0 Å². The second kappa shape index (κ2) is 8.66. The zero-order valence-corrected chi connectivity index (χ0v) is 16.7. The third-order valence-electron chi connectivity index (χ3n) is 4.99. The second-order valence-corrected chi connectivity index (χ2v) is 7.96. The number of hydrogen-bond acceptors (Lipinski definition) is 3. The van der Waals surface area contributed by atoms with Gasteiger partial charge in [0, 0.05) is 15.4 Å². The molecule has 3 heteroatoms. The highest BCUT2D eigenvalue weighted by Crippen LogP contribution is 2.42. The summed E-state index contributed by atoms with van der Waals surface area (Å²) in [6.07, 6.45) is 0. The van der Waals surface area contributed by atoms with E-state index in [1.165, 1.54) is 0 Å². The van der Waals surface area contributed by atoms with Gasteiger partial charge in [0.2, 0.25) is 0 Å². The van der Waals surface area contributed by atoms with E-state index in [4.69, 9.17) is 0 Å². The Hall–Kier alpha value is -2.85. The molecule has 0 bridgehead atoms. The van der Waals surface area contributed by atoms with Crippen molar-refractivity contribution in [1.82, 2.24) is 0 Å². The van der Waals surface area contributed by atoms with Gasteiger partial charge in [-0.1, -0.05) is 103 Å². The summed E-state index contributed by atoms with van der Waals surface area (Å²) >= 11 is 1.61. The van der Waals surface area contributed by atoms with Gasteiger partial charge in [0.15, 0.2) is 0 Å². The zero-order valence-electron chi connectivity index (χ0n) is 15.9. The predicted octanol–water partition coefficient (Wildman–Crippen LogP) is 5.61. The monoisotopic (exact) mass is 398 g/mol. The van der Waals surface area contributed by atoms with Crippen LogP contribution in [0.15, 0.2) is 119 Å². The molecule has 0 radical (unpaired) electrons. The van der Waals surface area contributed by atoms with Crippen LogP contribution in [-0.2, 0) is 12.2 Å². The van der Waals surface area contributed by atoms with Crippen molar-refractivity contribution < 1.29 is 10.2 Å². The van der Waals surface area contributed by atoms with Crippen molar-refractivity contribution in [3.05, 3.63) is 131 Å². The molecule has 4 aromatic rings. The summed E-state index contributed by atoms with van der Waals surface area (Å²) in [5, 5.41) is 21.4. The highest BCUT2D eigenvalue weighted by Gasteiger charge is 2.35. The Labute approximate surface area is 175 Å². The Bertz CT molecular complexity index is 1020. The van der Waals surface area contributed by atoms with E-state index in [2.05, 4.69) is 0 Å². The van der Waals surface area contributed by atoms with Gasteiger partial charge in [-0.3, -0.25) is 0 Å². The molecule has 0 aromatic heterocycles. The van der Waals surface area contributed by atoms with Crippen molar-refractivity contribution in [2.75, 3.05) is 0 Å². The third kappa shape index (κ3) is 3.99. The summed E-state index contributed by atoms with van der Waals surface area (Å²) in [5.74, 6) is 0. The average molecular weight is 399 g/mol. The minimum Gasteiger partial charge on any atom is -0.392 e. The maximum absolute atomic E-state index is 12.1. The first-order valence-electron chi connectivity index (χ1n) is 9.52. The molecule has 0 amide bonds. The average Bonchev–Trinajstić information content (AvgIpc) is 2.80. The Morgan fingerprint density at radius 3 is 1.69 bits per heavy atom. The molecule has 0 aliphatic heterocycles. The van der Waals surface area contributed by atoms with Crippen molar-refractivity contribution in [1.29, 1.82) is 0 Å². The standard InChI is InChI=1S/C26H22O2S/c27-19-20-15-17-23(18-16-20)29-25-14-8-7-13-24(25)26(28,21-9-3-1-4-10-21)22-11-5-2-6-12-22/h1-18,27-28H,19H2. The quantitative estimate of drug-likeness (QED) is 0.415. The minimum absolute atomic E-state index is 0.0311. The lowest BCUT2D eigenvalue weighted by molar-refractivity contribution is 0.123. The highest BCUT2D eigenvalue weighted by atomic mass is 32.2. The number of benzene rings is 4. The molecular weight excluding hydrogens is 376 g/mol. The molecule has 0 saturated heterocycles. The first-order valence-corrected chi connectivity index (χ1v) is 10.3. The Kier molecular flexibility index (Phi) is 5.81. The maximum atomic E-state index is 12.1. The molecule has 0 unspecified atom stereocenters. The molecule has 0 atom stereocenters. The molecule has 2 nitrogen and oxygen atoms in total. The summed E-state index contributed by atoms with van der Waals surface area (Å²) in [6.45, 7) is 0.0311. The van der Waals surface area contributed by atoms with Gasteiger partial charge in [-0.15, -0.1) is 0 Å². The predicted molar refractivity (Wildman–Crippen MR) is 118 cm³/mol. The van der Waals surface area contributed by atoms with E-state index >= 15 is 0 Å². The van der Waals surface area contributed by atoms with Crippen LogP contribution in [0.25, 0.3) is 0 Å². The largest absolute Gasteiger partial charge is 0.392 e. The van der Waals surface area contributed by atoms with Crippen molar-refractivity contribution in [2.45, 2.75) is 22.0 Å². The van der Waals surface area contributed by atoms with Crippen LogP contribution >= 0.6 is 11.8 Å². The summed E-state index contributed by atoms with van der Waals surface area (Å²) in [4.78, 5) is 2.04. The fraction of sp³-hybridized carbons (Fsp3) is 0.0769. The van der Waals surface area contributed by atoms with Crippen LogP contribution in [0, 0.1) is 0 Å². The topological polar surface area (TPSA) is 40.5 Å². The van der Waals surface area contributed by atoms with Crippen LogP contribution in [-0.4, -0.2) is 10.2 Å². The Balaban J connectivity index is 1.84. The maximum Gasteiger partial charge on any atom is 0.141 e. The minimum atomic E-state index is -1.27. The first kappa shape index (κ1) is 19.5. The van der Waals surface area contributed by atoms with Crippen molar-refractivity contribution in [3.8, 4) is 0 Å². The van der Waals surface area contributed by atoms with Gasteiger partial charge in [0.05, 0.1) is 6.61 Å². The van der Waals surface area contributed by atoms with Gasteiger partial charge in [-0.25, -0.2) is 0 Å². The summed E-state index contributed by atoms with van der Waals surface area (Å²) < 4.78 is 0. The molecule has 4 rings (SSSR count). The molecule has 0 fully saturated rings. The third-order valence-corrected chi connectivity index (χ3v) is 6.08. The second-order valence-electron chi connectivity index (χ2n) is 6.84. The van der Waals surface area contributed by atoms with Crippen LogP contribution in [0.3, 0.4) is 0 Å². The summed E-state index contributed by atoms with van der Waals surface area (Å²) in [5.41, 5.74) is 2.11. The van der Waals surface area contributed by atoms with Gasteiger partial charge in [-0.2, -0.15) is 0 Å². The van der Waals surface area contributed by atoms with Crippen LogP contribution < -0.4 is 0 Å². The molecule has 0 saturated carbocycles. The molecule has 0 aliphatic carbocycles. The molecule has 144 valence electrons. The first-order chi connectivity index (χ1) is 14.2. The van der Waals surface area contributed by atoms with Crippen LogP contribution in [0.1, 0.15) is 22.3 Å². The molecule has 0 spiro atoms. The van der Waals surface area contributed by atoms with E-state index in [-0.39, 0.29) is 6.61 Å². The smallest absolute Gasteiger partial charge is 0.141 e. The molecule has 2 N–H and O–H groups in total. The van der Waals surface area contributed by atoms with E-state index in [0.717, 1.165) is 32.0 Å². The molecular formula is C26H22O2S. The lowest BCUT2D eigenvalue weighted by atomic mass is 9.80. The van der Waals surface area contributed by atoms with E-state index in [1.54, 1.807) is 11.8 Å². The van der Waals surface area contributed by atoms with E-state index in [9.17, 15) is 10.2 Å². The fourth-order valence-electron chi connectivity index (χ4n) is 3.48. The summed E-state index contributed by atoms with van der Waals surface area (Å²) in [7, 11) is 0. The van der Waals surface area contributed by atoms with Crippen LogP contribution in [0.2, 0.25) is 0 Å². The number of aliphatic hydroxyl groups is 2.